The molecule has 0 aromatic heterocycles. The Hall–Kier alpha value is 0.757. The highest BCUT2D eigenvalue weighted by atomic mass is 35.5. The Morgan fingerprint density at radius 2 is 2.00 bits per heavy atom. The van der Waals surface area contributed by atoms with Gasteiger partial charge in [-0.1, -0.05) is 0 Å². The summed E-state index contributed by atoms with van der Waals surface area (Å²) in [6.45, 7) is 0. The zero-order valence-electron chi connectivity index (χ0n) is 4.41. The number of rotatable bonds is 2. The third kappa shape index (κ3) is 3.35. The molecular formula is C3H9Cl2NSi. The van der Waals surface area contributed by atoms with Gasteiger partial charge in [-0.2, -0.15) is 0 Å². The molecule has 0 aliphatic rings. The molecule has 0 saturated carbocycles. The summed E-state index contributed by atoms with van der Waals surface area (Å²) < 4.78 is 0. The molecule has 1 nitrogen and oxygen atoms in total. The van der Waals surface area contributed by atoms with E-state index in [4.69, 9.17) is 23.2 Å². The summed E-state index contributed by atoms with van der Waals surface area (Å²) in [6.07, 6.45) is 0. The molecule has 0 heterocycles. The highest BCUT2D eigenvalue weighted by molar-refractivity contribution is 6.47. The van der Waals surface area contributed by atoms with E-state index in [-0.39, 0.29) is 4.84 Å². The van der Waals surface area contributed by atoms with Crippen molar-refractivity contribution in [1.82, 2.24) is 5.32 Å². The van der Waals surface area contributed by atoms with Gasteiger partial charge in [0.05, 0.1) is 0 Å². The van der Waals surface area contributed by atoms with Crippen LogP contribution in [-0.4, -0.2) is 27.8 Å². The van der Waals surface area contributed by atoms with E-state index >= 15 is 0 Å². The Morgan fingerprint density at radius 3 is 2.00 bits per heavy atom. The van der Waals surface area contributed by atoms with E-state index in [1.165, 1.54) is 0 Å². The lowest BCUT2D eigenvalue weighted by Gasteiger charge is -2.08. The van der Waals surface area contributed by atoms with E-state index in [0.29, 0.717) is 5.67 Å². The Balaban J connectivity index is 3.14. The maximum Gasteiger partial charge on any atom is 0.119 e. The quantitative estimate of drug-likeness (QED) is 0.430. The van der Waals surface area contributed by atoms with Gasteiger partial charge in [0.2, 0.25) is 0 Å². The summed E-state index contributed by atoms with van der Waals surface area (Å²) in [7, 11) is 2.86. The normalized spacial score (nSPS) is 15.4. The number of alkyl halides is 2. The third-order valence-electron chi connectivity index (χ3n) is 0.833. The van der Waals surface area contributed by atoms with Gasteiger partial charge < -0.3 is 5.32 Å². The first kappa shape index (κ1) is 7.76. The molecule has 0 rings (SSSR count). The fourth-order valence-electron chi connectivity index (χ4n) is 0.126. The summed E-state index contributed by atoms with van der Waals surface area (Å²) >= 11 is 10.9. The van der Waals surface area contributed by atoms with E-state index < -0.39 is 0 Å². The van der Waals surface area contributed by atoms with Crippen molar-refractivity contribution in [2.24, 2.45) is 0 Å². The SMILES string of the molecule is CNC([SiH3])C(Cl)Cl. The van der Waals surface area contributed by atoms with Crippen molar-refractivity contribution < 1.29 is 0 Å². The van der Waals surface area contributed by atoms with Crippen LogP contribution in [0, 0.1) is 0 Å². The smallest absolute Gasteiger partial charge is 0.119 e. The summed E-state index contributed by atoms with van der Waals surface area (Å²) in [4.78, 5) is -0.239. The minimum atomic E-state index is -0.239. The van der Waals surface area contributed by atoms with Gasteiger partial charge in [0.25, 0.3) is 0 Å². The topological polar surface area (TPSA) is 12.0 Å². The van der Waals surface area contributed by atoms with Crippen LogP contribution in [0.5, 0.6) is 0 Å². The van der Waals surface area contributed by atoms with Crippen molar-refractivity contribution in [3.05, 3.63) is 0 Å². The van der Waals surface area contributed by atoms with E-state index in [1.54, 1.807) is 0 Å². The Bertz CT molecular complexity index is 50.2. The maximum absolute atomic E-state index is 5.47. The molecule has 0 amide bonds. The van der Waals surface area contributed by atoms with Gasteiger partial charge >= 0.3 is 0 Å². The molecule has 44 valence electrons. The van der Waals surface area contributed by atoms with Crippen molar-refractivity contribution in [2.75, 3.05) is 7.05 Å². The van der Waals surface area contributed by atoms with Crippen molar-refractivity contribution >= 4 is 33.4 Å². The fourth-order valence-corrected chi connectivity index (χ4v) is 0.378. The molecule has 0 aliphatic heterocycles. The second-order valence-electron chi connectivity index (χ2n) is 1.41. The van der Waals surface area contributed by atoms with Crippen molar-refractivity contribution in [1.29, 1.82) is 0 Å². The molecule has 1 atom stereocenters. The first-order valence-electron chi connectivity index (χ1n) is 2.14. The van der Waals surface area contributed by atoms with Gasteiger partial charge in [0.1, 0.15) is 4.84 Å². The van der Waals surface area contributed by atoms with Crippen LogP contribution in [0.1, 0.15) is 0 Å². The van der Waals surface area contributed by atoms with Crippen LogP contribution in [0.25, 0.3) is 0 Å². The summed E-state index contributed by atoms with van der Waals surface area (Å²) in [5, 5.41) is 2.96. The number of nitrogens with one attached hydrogen (secondary N) is 1. The maximum atomic E-state index is 5.47. The van der Waals surface area contributed by atoms with E-state index in [1.807, 2.05) is 7.05 Å². The standard InChI is InChI=1S/C3H9Cl2NSi/c1-6-3(7)2(4)5/h2-3,6H,1,7H3. The zero-order chi connectivity index (χ0) is 5.86. The second kappa shape index (κ2) is 3.72. The molecule has 0 radical (unpaired) electrons. The van der Waals surface area contributed by atoms with E-state index in [0.717, 1.165) is 10.2 Å². The van der Waals surface area contributed by atoms with Gasteiger partial charge in [0, 0.05) is 15.9 Å². The van der Waals surface area contributed by atoms with E-state index in [9.17, 15) is 0 Å². The average Bonchev–Trinajstić information content (AvgIpc) is 1.65. The second-order valence-corrected chi connectivity index (χ2v) is 3.82. The Labute approximate surface area is 56.8 Å². The first-order chi connectivity index (χ1) is 3.18. The molecule has 0 aromatic carbocycles. The number of hydrogen-bond donors (Lipinski definition) is 1. The number of hydrogen-bond acceptors (Lipinski definition) is 1. The molecule has 0 saturated heterocycles. The minimum Gasteiger partial charge on any atom is -0.318 e. The van der Waals surface area contributed by atoms with Gasteiger partial charge in [-0.25, -0.2) is 0 Å². The first-order valence-corrected chi connectivity index (χ1v) is 4.16. The van der Waals surface area contributed by atoms with Crippen LogP contribution in [-0.2, 0) is 0 Å². The lowest BCUT2D eigenvalue weighted by atomic mass is 10.7. The van der Waals surface area contributed by atoms with Gasteiger partial charge in [-0.3, -0.25) is 0 Å². The molecule has 1 N–H and O–H groups in total. The predicted molar refractivity (Wildman–Crippen MR) is 38.3 cm³/mol. The van der Waals surface area contributed by atoms with Crippen molar-refractivity contribution in [2.45, 2.75) is 10.5 Å². The molecule has 0 fully saturated rings. The molecule has 0 aliphatic carbocycles. The predicted octanol–water partition coefficient (Wildman–Crippen LogP) is -0.299. The van der Waals surface area contributed by atoms with Crippen LogP contribution in [0.3, 0.4) is 0 Å². The Morgan fingerprint density at radius 1 is 1.57 bits per heavy atom. The average molecular weight is 158 g/mol. The monoisotopic (exact) mass is 157 g/mol. The molecule has 1 unspecified atom stereocenters. The van der Waals surface area contributed by atoms with Gasteiger partial charge in [0.15, 0.2) is 0 Å². The molecular weight excluding hydrogens is 149 g/mol. The summed E-state index contributed by atoms with van der Waals surface area (Å²) in [6, 6.07) is 0. The minimum absolute atomic E-state index is 0.239. The van der Waals surface area contributed by atoms with E-state index in [2.05, 4.69) is 5.32 Å². The summed E-state index contributed by atoms with van der Waals surface area (Å²) in [5.74, 6) is 0. The lowest BCUT2D eigenvalue weighted by molar-refractivity contribution is 0.774. The molecule has 0 spiro atoms. The molecule has 0 bridgehead atoms. The lowest BCUT2D eigenvalue weighted by Crippen LogP contribution is -2.31. The van der Waals surface area contributed by atoms with Crippen LogP contribution < -0.4 is 5.32 Å². The largest absolute Gasteiger partial charge is 0.318 e. The van der Waals surface area contributed by atoms with Crippen LogP contribution >= 0.6 is 23.2 Å². The molecule has 7 heavy (non-hydrogen) atoms. The third-order valence-corrected chi connectivity index (χ3v) is 3.68. The van der Waals surface area contributed by atoms with Crippen molar-refractivity contribution in [3.8, 4) is 0 Å². The van der Waals surface area contributed by atoms with Crippen molar-refractivity contribution in [3.63, 3.8) is 0 Å². The van der Waals surface area contributed by atoms with Gasteiger partial charge in [-0.05, 0) is 7.05 Å². The van der Waals surface area contributed by atoms with Crippen LogP contribution in [0.4, 0.5) is 0 Å². The van der Waals surface area contributed by atoms with Crippen LogP contribution in [0.15, 0.2) is 0 Å². The van der Waals surface area contributed by atoms with Crippen LogP contribution in [0.2, 0.25) is 0 Å². The zero-order valence-corrected chi connectivity index (χ0v) is 7.92. The molecule has 0 aromatic rings. The Kier molecular flexibility index (Phi) is 4.12. The highest BCUT2D eigenvalue weighted by Crippen LogP contribution is 2.03. The number of halogens is 2. The highest BCUT2D eigenvalue weighted by Gasteiger charge is 2.05. The fraction of sp³-hybridized carbons (Fsp3) is 1.00. The summed E-state index contributed by atoms with van der Waals surface area (Å²) in [5.41, 5.74) is 0.323. The van der Waals surface area contributed by atoms with Gasteiger partial charge in [-0.15, -0.1) is 23.2 Å². The molecule has 4 heteroatoms.